The molecule has 190 valence electrons. The number of halogens is 2. The summed E-state index contributed by atoms with van der Waals surface area (Å²) in [6.45, 7) is 4.01. The van der Waals surface area contributed by atoms with E-state index in [0.717, 1.165) is 25.7 Å². The highest BCUT2D eigenvalue weighted by molar-refractivity contribution is 7.89. The van der Waals surface area contributed by atoms with Crippen molar-refractivity contribution in [3.8, 4) is 0 Å². The van der Waals surface area contributed by atoms with Gasteiger partial charge in [-0.3, -0.25) is 0 Å². The number of rotatable bonds is 8. The average Bonchev–Trinajstić information content (AvgIpc) is 3.52. The van der Waals surface area contributed by atoms with Crippen LogP contribution in [0.25, 0.3) is 0 Å². The zero-order valence-electron chi connectivity index (χ0n) is 19.5. The lowest BCUT2D eigenvalue weighted by Crippen LogP contribution is -2.59. The Bertz CT molecular complexity index is 980. The second kappa shape index (κ2) is 9.98. The minimum absolute atomic E-state index is 0.0654. The molecule has 1 amide bonds. The molecule has 1 N–H and O–H groups in total. The monoisotopic (exact) mass is 502 g/mol. The molecule has 0 aromatic carbocycles. The van der Waals surface area contributed by atoms with Crippen molar-refractivity contribution < 1.29 is 31.5 Å². The molecule has 12 heteroatoms. The lowest BCUT2D eigenvalue weighted by atomic mass is 9.86. The van der Waals surface area contributed by atoms with E-state index in [-0.39, 0.29) is 24.2 Å². The second-order valence-electron chi connectivity index (χ2n) is 9.80. The van der Waals surface area contributed by atoms with Gasteiger partial charge in [-0.25, -0.2) is 36.7 Å². The van der Waals surface area contributed by atoms with E-state index in [2.05, 4.69) is 14.7 Å². The van der Waals surface area contributed by atoms with Gasteiger partial charge in [0, 0.05) is 18.0 Å². The summed E-state index contributed by atoms with van der Waals surface area (Å²) in [4.78, 5) is 22.5. The normalized spacial score (nSPS) is 31.3. The van der Waals surface area contributed by atoms with Crippen LogP contribution in [0.15, 0.2) is 12.4 Å². The van der Waals surface area contributed by atoms with E-state index < -0.39 is 40.0 Å². The Morgan fingerprint density at radius 1 is 1.32 bits per heavy atom. The fourth-order valence-electron chi connectivity index (χ4n) is 5.35. The molecule has 3 fully saturated rings. The quantitative estimate of drug-likeness (QED) is 0.582. The maximum absolute atomic E-state index is 13.2. The van der Waals surface area contributed by atoms with Crippen molar-refractivity contribution in [2.24, 2.45) is 5.92 Å². The van der Waals surface area contributed by atoms with Crippen LogP contribution in [-0.2, 0) is 24.9 Å². The van der Waals surface area contributed by atoms with Gasteiger partial charge in [0.15, 0.2) is 5.82 Å². The van der Waals surface area contributed by atoms with Crippen LogP contribution in [0.3, 0.4) is 0 Å². The van der Waals surface area contributed by atoms with Crippen molar-refractivity contribution in [3.05, 3.63) is 24.0 Å². The predicted molar refractivity (Wildman–Crippen MR) is 119 cm³/mol. The third-order valence-electron chi connectivity index (χ3n) is 7.08. The van der Waals surface area contributed by atoms with E-state index in [0.29, 0.717) is 31.1 Å². The van der Waals surface area contributed by atoms with Gasteiger partial charge in [-0.15, -0.1) is 0 Å². The van der Waals surface area contributed by atoms with Crippen molar-refractivity contribution in [3.63, 3.8) is 0 Å². The molecule has 2 unspecified atom stereocenters. The summed E-state index contributed by atoms with van der Waals surface area (Å²) in [5.74, 6) is 0.555. The number of hydrogen-bond donors (Lipinski definition) is 1. The number of sulfonamides is 1. The molecule has 1 aliphatic heterocycles. The van der Waals surface area contributed by atoms with Gasteiger partial charge in [0.25, 0.3) is 0 Å². The van der Waals surface area contributed by atoms with Gasteiger partial charge in [-0.1, -0.05) is 0 Å². The topological polar surface area (TPSA) is 111 Å². The number of nitrogens with zero attached hydrogens (tertiary/aromatic N) is 3. The molecule has 4 rings (SSSR count). The third kappa shape index (κ3) is 5.49. The Morgan fingerprint density at radius 3 is 2.71 bits per heavy atom. The van der Waals surface area contributed by atoms with E-state index in [4.69, 9.17) is 9.47 Å². The largest absolute Gasteiger partial charge is 0.447 e. The van der Waals surface area contributed by atoms with E-state index in [1.54, 1.807) is 13.8 Å². The summed E-state index contributed by atoms with van der Waals surface area (Å²) in [5.41, 5.74) is -0.120. The zero-order chi connectivity index (χ0) is 24.5. The van der Waals surface area contributed by atoms with E-state index in [1.807, 2.05) is 0 Å². The Balaban J connectivity index is 1.40. The lowest BCUT2D eigenvalue weighted by Gasteiger charge is -2.41. The molecule has 9 nitrogen and oxygen atoms in total. The molecule has 34 heavy (non-hydrogen) atoms. The van der Waals surface area contributed by atoms with Crippen LogP contribution in [0.2, 0.25) is 0 Å². The summed E-state index contributed by atoms with van der Waals surface area (Å²) in [5, 5.41) is 0. The first-order chi connectivity index (χ1) is 16.1. The molecule has 1 aromatic heterocycles. The molecule has 3 aliphatic rings. The average molecular weight is 503 g/mol. The first kappa shape index (κ1) is 25.2. The van der Waals surface area contributed by atoms with Crippen molar-refractivity contribution in [2.45, 2.75) is 82.1 Å². The minimum Gasteiger partial charge on any atom is -0.447 e. The molecule has 5 atom stereocenters. The molecule has 0 bridgehead atoms. The second-order valence-corrected chi connectivity index (χ2v) is 11.5. The Labute approximate surface area is 198 Å². The summed E-state index contributed by atoms with van der Waals surface area (Å²) in [7, 11) is -4.10. The van der Waals surface area contributed by atoms with Crippen LogP contribution >= 0.6 is 0 Å². The first-order valence-electron chi connectivity index (χ1n) is 11.8. The minimum atomic E-state index is -4.10. The summed E-state index contributed by atoms with van der Waals surface area (Å²) < 4.78 is 64.0. The Kier molecular flexibility index (Phi) is 7.39. The number of amides is 1. The standard InChI is InChI=1S/C22H32F2N4O5S/c1-14(2)33-21(29)28-7-3-4-18(27-34(30,31)13-23)19(28)12-32-17-5-6-22(9-15(22)8-17)20-25-10-16(24)11-26-20/h10-11,14-15,17-19,27H,3-9,12-13H2,1-2H3/t15-,17+,18?,19?,22-/m1/s1. The number of fused-ring (bicyclic) bond motifs is 1. The van der Waals surface area contributed by atoms with E-state index >= 15 is 0 Å². The van der Waals surface area contributed by atoms with Crippen LogP contribution in [0.4, 0.5) is 13.6 Å². The Morgan fingerprint density at radius 2 is 2.06 bits per heavy atom. The maximum Gasteiger partial charge on any atom is 0.410 e. The molecular weight excluding hydrogens is 470 g/mol. The molecule has 1 saturated heterocycles. The number of alkyl halides is 1. The van der Waals surface area contributed by atoms with Crippen molar-refractivity contribution in [1.82, 2.24) is 19.6 Å². The number of nitrogens with one attached hydrogen (secondary N) is 1. The number of likely N-dealkylation sites (tertiary alicyclic amines) is 1. The van der Waals surface area contributed by atoms with Crippen LogP contribution < -0.4 is 4.72 Å². The molecule has 2 aliphatic carbocycles. The molecule has 2 saturated carbocycles. The van der Waals surface area contributed by atoms with Crippen LogP contribution in [-0.4, -0.2) is 72.8 Å². The number of carbonyl (C=O) groups excluding carboxylic acids is 1. The first-order valence-corrected chi connectivity index (χ1v) is 13.4. The fraction of sp³-hybridized carbons (Fsp3) is 0.773. The SMILES string of the molecule is CC(C)OC(=O)N1CCCC(NS(=O)(=O)CF)C1CO[C@H]1CC[C@@]2(c3ncc(F)cn3)C[C@H]2C1. The van der Waals surface area contributed by atoms with Crippen molar-refractivity contribution >= 4 is 16.1 Å². The van der Waals surface area contributed by atoms with Crippen LogP contribution in [0, 0.1) is 11.7 Å². The highest BCUT2D eigenvalue weighted by atomic mass is 32.2. The molecule has 2 heterocycles. The van der Waals surface area contributed by atoms with Gasteiger partial charge in [0.1, 0.15) is 5.82 Å². The Hall–Kier alpha value is -1.92. The maximum atomic E-state index is 13.2. The van der Waals surface area contributed by atoms with Gasteiger partial charge in [-0.2, -0.15) is 0 Å². The number of piperidine rings is 1. The third-order valence-corrected chi connectivity index (χ3v) is 8.03. The predicted octanol–water partition coefficient (Wildman–Crippen LogP) is 2.67. The van der Waals surface area contributed by atoms with Gasteiger partial charge < -0.3 is 14.4 Å². The molecular formula is C22H32F2N4O5S. The van der Waals surface area contributed by atoms with Crippen molar-refractivity contribution in [2.75, 3.05) is 19.2 Å². The summed E-state index contributed by atoms with van der Waals surface area (Å²) in [6, 6.07) is -2.79. The van der Waals surface area contributed by atoms with Gasteiger partial charge in [0.2, 0.25) is 16.0 Å². The molecule has 0 radical (unpaired) electrons. The summed E-state index contributed by atoms with van der Waals surface area (Å²) in [6.07, 6.45) is 5.77. The zero-order valence-corrected chi connectivity index (χ0v) is 20.3. The van der Waals surface area contributed by atoms with Crippen LogP contribution in [0.5, 0.6) is 0 Å². The lowest BCUT2D eigenvalue weighted by molar-refractivity contribution is -0.0308. The highest BCUT2D eigenvalue weighted by Gasteiger charge is 2.60. The van der Waals surface area contributed by atoms with Gasteiger partial charge in [-0.05, 0) is 58.3 Å². The number of aromatic nitrogens is 2. The van der Waals surface area contributed by atoms with Gasteiger partial charge >= 0.3 is 6.09 Å². The van der Waals surface area contributed by atoms with Gasteiger partial charge in [0.05, 0.1) is 37.3 Å². The van der Waals surface area contributed by atoms with Crippen molar-refractivity contribution in [1.29, 1.82) is 0 Å². The highest BCUT2D eigenvalue weighted by Crippen LogP contribution is 2.61. The van der Waals surface area contributed by atoms with Crippen LogP contribution in [0.1, 0.15) is 58.2 Å². The van der Waals surface area contributed by atoms with E-state index in [9.17, 15) is 22.0 Å². The smallest absolute Gasteiger partial charge is 0.410 e. The summed E-state index contributed by atoms with van der Waals surface area (Å²) >= 11 is 0. The number of carbonyl (C=O) groups is 1. The van der Waals surface area contributed by atoms with E-state index in [1.165, 1.54) is 17.3 Å². The number of hydrogen-bond acceptors (Lipinski definition) is 7. The molecule has 0 spiro atoms. The fourth-order valence-corrected chi connectivity index (χ4v) is 6.15. The number of ether oxygens (including phenoxy) is 2. The molecule has 1 aromatic rings.